The summed E-state index contributed by atoms with van der Waals surface area (Å²) >= 11 is 0. The summed E-state index contributed by atoms with van der Waals surface area (Å²) in [5, 5.41) is 22.2. The summed E-state index contributed by atoms with van der Waals surface area (Å²) in [6, 6.07) is -1.04. The van der Waals surface area contributed by atoms with Crippen molar-refractivity contribution in [2.24, 2.45) is 0 Å². The van der Waals surface area contributed by atoms with Crippen molar-refractivity contribution in [3.8, 4) is 0 Å². The van der Waals surface area contributed by atoms with Gasteiger partial charge in [-0.05, 0) is 65.2 Å². The van der Waals surface area contributed by atoms with Crippen LogP contribution in [0.25, 0.3) is 0 Å². The van der Waals surface area contributed by atoms with Crippen LogP contribution in [0.5, 0.6) is 0 Å². The summed E-state index contributed by atoms with van der Waals surface area (Å²) in [6.45, 7) is 15.3. The number of carbonyl (C=O) groups is 2. The summed E-state index contributed by atoms with van der Waals surface area (Å²) < 4.78 is 0. The fraction of sp³-hybridized carbons (Fsp3) is 0.737. The minimum atomic E-state index is -0.982. The largest absolute Gasteiger partial charge is 2.00 e. The fourth-order valence-electron chi connectivity index (χ4n) is 4.49. The molecule has 0 aromatic rings. The minimum absolute atomic E-state index is 0. The molecule has 0 saturated heterocycles. The first-order valence-corrected chi connectivity index (χ1v) is 17.8. The number of rotatable bonds is 28. The second-order valence-electron chi connectivity index (χ2n) is 11.7. The van der Waals surface area contributed by atoms with Crippen LogP contribution >= 0.6 is 0 Å². The summed E-state index contributed by atoms with van der Waals surface area (Å²) in [7, 11) is 0. The number of aliphatic carboxylic acids is 2. The van der Waals surface area contributed by atoms with Gasteiger partial charge in [-0.15, -0.1) is 0 Å². The Balaban J connectivity index is -0.000000767. The number of nitrogens with zero attached hydrogens (tertiary/aromatic N) is 2. The maximum atomic E-state index is 11.1. The molecule has 6 nitrogen and oxygen atoms in total. The third kappa shape index (κ3) is 32.8. The number of hydrogen-bond donors (Lipinski definition) is 0. The number of allylic oxidation sites excluding steroid dienone is 4. The Morgan fingerprint density at radius 3 is 0.844 bits per heavy atom. The van der Waals surface area contributed by atoms with E-state index in [1.807, 2.05) is 9.80 Å². The number of carbonyl (C=O) groups excluding carboxylic acids is 2. The molecule has 0 fully saturated rings. The molecule has 0 rings (SSSR count). The minimum Gasteiger partial charge on any atom is -0.548 e. The Bertz CT molecular complexity index is 674. The predicted molar refractivity (Wildman–Crippen MR) is 191 cm³/mol. The van der Waals surface area contributed by atoms with E-state index in [0.29, 0.717) is 0 Å². The van der Waals surface area contributed by atoms with Gasteiger partial charge < -0.3 is 19.8 Å². The van der Waals surface area contributed by atoms with Crippen LogP contribution in [0.2, 0.25) is 0 Å². The van der Waals surface area contributed by atoms with Crippen molar-refractivity contribution in [3.05, 3.63) is 48.6 Å². The average molecular weight is 657 g/mol. The Hall–Kier alpha value is -0.920. The first kappa shape index (κ1) is 48.5. The van der Waals surface area contributed by atoms with Gasteiger partial charge in [0.15, 0.2) is 0 Å². The van der Waals surface area contributed by atoms with Crippen molar-refractivity contribution in [2.45, 2.75) is 156 Å². The molecule has 0 bridgehead atoms. The Morgan fingerprint density at radius 2 is 0.667 bits per heavy atom. The first-order chi connectivity index (χ1) is 21.3. The molecule has 0 aliphatic carbocycles. The SMILES string of the molecule is CCCC/C=C\CCN(CC/C=C/CCCC)C(C)C(=O)[O-].CCCC/C=C\CCN(CC/C=C/CCCC)C(C)C(=O)[O-].[Ca+2]. The van der Waals surface area contributed by atoms with Crippen LogP contribution in [0.15, 0.2) is 48.6 Å². The van der Waals surface area contributed by atoms with Crippen LogP contribution in [0.4, 0.5) is 0 Å². The van der Waals surface area contributed by atoms with Crippen molar-refractivity contribution < 1.29 is 19.8 Å². The van der Waals surface area contributed by atoms with Gasteiger partial charge in [0.05, 0.1) is 11.9 Å². The topological polar surface area (TPSA) is 86.7 Å². The van der Waals surface area contributed by atoms with E-state index in [-0.39, 0.29) is 37.7 Å². The molecule has 0 amide bonds. The molecule has 2 unspecified atom stereocenters. The molecule has 0 N–H and O–H groups in total. The summed E-state index contributed by atoms with van der Waals surface area (Å²) in [6.07, 6.45) is 35.3. The summed E-state index contributed by atoms with van der Waals surface area (Å²) in [5.74, 6) is -1.96. The number of carboxylic acid groups (broad SMARTS) is 2. The second kappa shape index (κ2) is 37.5. The zero-order valence-electron chi connectivity index (χ0n) is 30.2. The molecule has 7 heteroatoms. The second-order valence-corrected chi connectivity index (χ2v) is 11.7. The standard InChI is InChI=1S/2C19H35NO2.Ca/c2*1-4-6-8-10-12-14-16-20(18(3)19(21)22)17-15-13-11-9-7-5-2;/h2*10-13,18H,4-9,14-17H2,1-3H3,(H,21,22);/q;;+2/p-2/b2*12-10-,13-11+;. The normalized spacial score (nSPS) is 13.2. The van der Waals surface area contributed by atoms with Crippen molar-refractivity contribution in [2.75, 3.05) is 26.2 Å². The van der Waals surface area contributed by atoms with E-state index in [1.165, 1.54) is 51.4 Å². The van der Waals surface area contributed by atoms with Crippen LogP contribution in [0, 0.1) is 0 Å². The molecule has 0 radical (unpaired) electrons. The third-order valence-electron chi connectivity index (χ3n) is 7.67. The smallest absolute Gasteiger partial charge is 0.548 e. The van der Waals surface area contributed by atoms with Crippen LogP contribution in [0.1, 0.15) is 144 Å². The van der Waals surface area contributed by atoms with E-state index in [4.69, 9.17) is 0 Å². The molecule has 0 heterocycles. The van der Waals surface area contributed by atoms with Gasteiger partial charge in [0.2, 0.25) is 0 Å². The van der Waals surface area contributed by atoms with Crippen LogP contribution < -0.4 is 10.2 Å². The zero-order valence-corrected chi connectivity index (χ0v) is 32.4. The molecule has 0 aliphatic rings. The van der Waals surface area contributed by atoms with Gasteiger partial charge in [-0.2, -0.15) is 0 Å². The molecule has 0 spiro atoms. The van der Waals surface area contributed by atoms with E-state index in [1.54, 1.807) is 13.8 Å². The van der Waals surface area contributed by atoms with Crippen molar-refractivity contribution in [1.29, 1.82) is 0 Å². The molecular formula is C38H68CaN2O4. The van der Waals surface area contributed by atoms with Crippen LogP contribution in [-0.4, -0.2) is 97.7 Å². The van der Waals surface area contributed by atoms with Crippen LogP contribution in [-0.2, 0) is 9.59 Å². The monoisotopic (exact) mass is 656 g/mol. The summed E-state index contributed by atoms with van der Waals surface area (Å²) in [5.41, 5.74) is 0. The molecule has 45 heavy (non-hydrogen) atoms. The summed E-state index contributed by atoms with van der Waals surface area (Å²) in [4.78, 5) is 26.2. The van der Waals surface area contributed by atoms with Crippen molar-refractivity contribution >= 4 is 49.7 Å². The van der Waals surface area contributed by atoms with Gasteiger partial charge in [0, 0.05) is 38.3 Å². The maximum absolute atomic E-state index is 11.1. The fourth-order valence-corrected chi connectivity index (χ4v) is 4.49. The predicted octanol–water partition coefficient (Wildman–Crippen LogP) is 7.02. The Kier molecular flexibility index (Phi) is 40.4. The number of hydrogen-bond acceptors (Lipinski definition) is 6. The first-order valence-electron chi connectivity index (χ1n) is 17.8. The van der Waals surface area contributed by atoms with Gasteiger partial charge in [0.1, 0.15) is 0 Å². The molecule has 0 saturated carbocycles. The number of unbranched alkanes of at least 4 members (excludes halogenated alkanes) is 8. The van der Waals surface area contributed by atoms with E-state index in [0.717, 1.165) is 77.5 Å². The van der Waals surface area contributed by atoms with Gasteiger partial charge in [-0.1, -0.05) is 128 Å². The van der Waals surface area contributed by atoms with E-state index in [2.05, 4.69) is 76.3 Å². The molecule has 0 aliphatic heterocycles. The molecule has 0 aromatic carbocycles. The molecule has 2 atom stereocenters. The molecule has 256 valence electrons. The molecule has 0 aromatic heterocycles. The van der Waals surface area contributed by atoms with Crippen molar-refractivity contribution in [3.63, 3.8) is 0 Å². The van der Waals surface area contributed by atoms with E-state index in [9.17, 15) is 19.8 Å². The maximum Gasteiger partial charge on any atom is 2.00 e. The third-order valence-corrected chi connectivity index (χ3v) is 7.67. The van der Waals surface area contributed by atoms with Gasteiger partial charge in [-0.3, -0.25) is 9.80 Å². The Labute approximate surface area is 308 Å². The zero-order chi connectivity index (χ0) is 33.3. The van der Waals surface area contributed by atoms with E-state index < -0.39 is 24.0 Å². The molecular weight excluding hydrogens is 589 g/mol. The van der Waals surface area contributed by atoms with Gasteiger partial charge in [-0.25, -0.2) is 0 Å². The van der Waals surface area contributed by atoms with Crippen molar-refractivity contribution in [1.82, 2.24) is 9.80 Å². The van der Waals surface area contributed by atoms with Gasteiger partial charge >= 0.3 is 37.7 Å². The van der Waals surface area contributed by atoms with E-state index >= 15 is 0 Å². The Morgan fingerprint density at radius 1 is 0.467 bits per heavy atom. The number of carboxylic acids is 2. The van der Waals surface area contributed by atoms with Gasteiger partial charge in [0.25, 0.3) is 0 Å². The quantitative estimate of drug-likeness (QED) is 0.0511. The average Bonchev–Trinajstić information content (AvgIpc) is 3.01. The van der Waals surface area contributed by atoms with Crippen LogP contribution in [0.3, 0.4) is 0 Å².